The minimum atomic E-state index is 0.995. The van der Waals surface area contributed by atoms with E-state index >= 15 is 0 Å². The van der Waals surface area contributed by atoms with Crippen molar-refractivity contribution >= 4 is 0 Å². The number of nitrogens with zero attached hydrogens (tertiary/aromatic N) is 3. The zero-order valence-corrected chi connectivity index (χ0v) is 8.88. The Bertz CT molecular complexity index is 253. The third-order valence-corrected chi connectivity index (χ3v) is 2.31. The average Bonchev–Trinajstić information content (AvgIpc) is 2.56. The molecule has 0 bridgehead atoms. The van der Waals surface area contributed by atoms with Crippen molar-refractivity contribution in [1.82, 2.24) is 15.0 Å². The maximum absolute atomic E-state index is 4.17. The van der Waals surface area contributed by atoms with Crippen molar-refractivity contribution in [2.45, 2.75) is 53.0 Å². The number of rotatable bonds is 5. The standard InChI is InChI=1S/C10H19N3/c1-4-7-8-13-10(6-3)9(5-2)11-12-13/h4-8H2,1-3H3. The van der Waals surface area contributed by atoms with Gasteiger partial charge in [-0.05, 0) is 19.3 Å². The summed E-state index contributed by atoms with van der Waals surface area (Å²) in [7, 11) is 0. The van der Waals surface area contributed by atoms with E-state index in [1.54, 1.807) is 0 Å². The number of hydrogen-bond donors (Lipinski definition) is 0. The lowest BCUT2D eigenvalue weighted by Gasteiger charge is -2.03. The van der Waals surface area contributed by atoms with Crippen molar-refractivity contribution < 1.29 is 0 Å². The lowest BCUT2D eigenvalue weighted by molar-refractivity contribution is 0.535. The molecule has 1 aromatic heterocycles. The molecule has 1 heterocycles. The van der Waals surface area contributed by atoms with Crippen molar-refractivity contribution in [2.75, 3.05) is 0 Å². The molecule has 0 fully saturated rings. The molecule has 13 heavy (non-hydrogen) atoms. The molecule has 0 aliphatic carbocycles. The van der Waals surface area contributed by atoms with E-state index in [0.717, 1.165) is 19.4 Å². The van der Waals surface area contributed by atoms with Crippen LogP contribution in [0.3, 0.4) is 0 Å². The van der Waals surface area contributed by atoms with Crippen LogP contribution in [0.2, 0.25) is 0 Å². The number of aromatic nitrogens is 3. The van der Waals surface area contributed by atoms with E-state index in [9.17, 15) is 0 Å². The Morgan fingerprint density at radius 3 is 2.46 bits per heavy atom. The fourth-order valence-electron chi connectivity index (χ4n) is 1.52. The molecule has 0 aromatic carbocycles. The molecule has 0 radical (unpaired) electrons. The molecule has 0 atom stereocenters. The molecule has 0 amide bonds. The van der Waals surface area contributed by atoms with Crippen molar-refractivity contribution in [3.8, 4) is 0 Å². The Morgan fingerprint density at radius 1 is 1.15 bits per heavy atom. The van der Waals surface area contributed by atoms with Gasteiger partial charge in [-0.1, -0.05) is 32.4 Å². The fraction of sp³-hybridized carbons (Fsp3) is 0.800. The van der Waals surface area contributed by atoms with Crippen LogP contribution in [0.1, 0.15) is 45.0 Å². The normalized spacial score (nSPS) is 10.7. The summed E-state index contributed by atoms with van der Waals surface area (Å²) in [6.45, 7) is 7.52. The van der Waals surface area contributed by atoms with Gasteiger partial charge in [0.2, 0.25) is 0 Å². The Hall–Kier alpha value is -0.860. The van der Waals surface area contributed by atoms with Gasteiger partial charge in [-0.15, -0.1) is 5.10 Å². The maximum atomic E-state index is 4.17. The van der Waals surface area contributed by atoms with E-state index in [2.05, 4.69) is 35.8 Å². The second-order valence-corrected chi connectivity index (χ2v) is 3.27. The van der Waals surface area contributed by atoms with E-state index in [-0.39, 0.29) is 0 Å². The average molecular weight is 181 g/mol. The van der Waals surface area contributed by atoms with E-state index < -0.39 is 0 Å². The molecule has 0 saturated heterocycles. The molecule has 1 rings (SSSR count). The largest absolute Gasteiger partial charge is 0.249 e. The predicted molar refractivity (Wildman–Crippen MR) is 53.7 cm³/mol. The second-order valence-electron chi connectivity index (χ2n) is 3.27. The number of aryl methyl sites for hydroxylation is 2. The summed E-state index contributed by atoms with van der Waals surface area (Å²) in [6.07, 6.45) is 4.44. The Morgan fingerprint density at radius 2 is 1.92 bits per heavy atom. The van der Waals surface area contributed by atoms with Crippen molar-refractivity contribution in [1.29, 1.82) is 0 Å². The van der Waals surface area contributed by atoms with Crippen LogP contribution in [0.4, 0.5) is 0 Å². The second kappa shape index (κ2) is 5.00. The first-order chi connectivity index (χ1) is 6.33. The summed E-state index contributed by atoms with van der Waals surface area (Å²) < 4.78 is 2.06. The summed E-state index contributed by atoms with van der Waals surface area (Å²) in [4.78, 5) is 0. The van der Waals surface area contributed by atoms with Gasteiger partial charge in [0.25, 0.3) is 0 Å². The van der Waals surface area contributed by atoms with Gasteiger partial charge in [-0.2, -0.15) is 0 Å². The quantitative estimate of drug-likeness (QED) is 0.697. The van der Waals surface area contributed by atoms with Crippen LogP contribution >= 0.6 is 0 Å². The van der Waals surface area contributed by atoms with E-state index in [0.29, 0.717) is 0 Å². The molecule has 0 saturated carbocycles. The third kappa shape index (κ3) is 2.29. The molecular weight excluding hydrogens is 162 g/mol. The molecule has 74 valence electrons. The van der Waals surface area contributed by atoms with Gasteiger partial charge in [0, 0.05) is 6.54 Å². The lowest BCUT2D eigenvalue weighted by atomic mass is 10.2. The smallest absolute Gasteiger partial charge is 0.0856 e. The van der Waals surface area contributed by atoms with Crippen LogP contribution in [-0.2, 0) is 19.4 Å². The SMILES string of the molecule is CCCCn1nnc(CC)c1CC. The molecule has 0 spiro atoms. The Labute approximate surface area is 80.1 Å². The van der Waals surface area contributed by atoms with Crippen molar-refractivity contribution in [3.63, 3.8) is 0 Å². The van der Waals surface area contributed by atoms with Crippen LogP contribution in [0, 0.1) is 0 Å². The molecule has 3 heteroatoms. The third-order valence-electron chi connectivity index (χ3n) is 2.31. The monoisotopic (exact) mass is 181 g/mol. The highest BCUT2D eigenvalue weighted by atomic mass is 15.4. The topological polar surface area (TPSA) is 30.7 Å². The molecule has 0 N–H and O–H groups in total. The van der Waals surface area contributed by atoms with Crippen LogP contribution in [-0.4, -0.2) is 15.0 Å². The highest BCUT2D eigenvalue weighted by Crippen LogP contribution is 2.08. The van der Waals surface area contributed by atoms with Gasteiger partial charge in [-0.25, -0.2) is 4.68 Å². The summed E-state index contributed by atoms with van der Waals surface area (Å²) in [5.74, 6) is 0. The summed E-state index contributed by atoms with van der Waals surface area (Å²) in [6, 6.07) is 0. The molecule has 1 aromatic rings. The fourth-order valence-corrected chi connectivity index (χ4v) is 1.52. The summed E-state index contributed by atoms with van der Waals surface area (Å²) in [5, 5.41) is 8.33. The molecule has 3 nitrogen and oxygen atoms in total. The highest BCUT2D eigenvalue weighted by molar-refractivity contribution is 5.09. The first-order valence-corrected chi connectivity index (χ1v) is 5.24. The lowest BCUT2D eigenvalue weighted by Crippen LogP contribution is -2.05. The molecule has 0 unspecified atom stereocenters. The van der Waals surface area contributed by atoms with Gasteiger partial charge in [0.15, 0.2) is 0 Å². The molecule has 0 aliphatic heterocycles. The van der Waals surface area contributed by atoms with Crippen LogP contribution in [0.25, 0.3) is 0 Å². The van der Waals surface area contributed by atoms with Gasteiger partial charge in [-0.3, -0.25) is 0 Å². The van der Waals surface area contributed by atoms with Crippen molar-refractivity contribution in [2.24, 2.45) is 0 Å². The van der Waals surface area contributed by atoms with Gasteiger partial charge in [0.1, 0.15) is 0 Å². The Kier molecular flexibility index (Phi) is 3.93. The first kappa shape index (κ1) is 10.2. The Balaban J connectivity index is 2.75. The van der Waals surface area contributed by atoms with E-state index in [4.69, 9.17) is 0 Å². The van der Waals surface area contributed by atoms with Crippen LogP contribution < -0.4 is 0 Å². The first-order valence-electron chi connectivity index (χ1n) is 5.24. The summed E-state index contributed by atoms with van der Waals surface area (Å²) >= 11 is 0. The van der Waals surface area contributed by atoms with E-state index in [1.807, 2.05) is 0 Å². The number of unbranched alkanes of at least 4 members (excludes halogenated alkanes) is 1. The summed E-state index contributed by atoms with van der Waals surface area (Å²) in [5.41, 5.74) is 2.48. The zero-order valence-electron chi connectivity index (χ0n) is 8.88. The minimum Gasteiger partial charge on any atom is -0.249 e. The highest BCUT2D eigenvalue weighted by Gasteiger charge is 2.07. The van der Waals surface area contributed by atoms with Crippen LogP contribution in [0.5, 0.6) is 0 Å². The zero-order chi connectivity index (χ0) is 9.68. The van der Waals surface area contributed by atoms with E-state index in [1.165, 1.54) is 24.2 Å². The predicted octanol–water partition coefficient (Wildman–Crippen LogP) is 2.20. The number of hydrogen-bond acceptors (Lipinski definition) is 2. The van der Waals surface area contributed by atoms with Gasteiger partial charge < -0.3 is 0 Å². The minimum absolute atomic E-state index is 0.995. The molecule has 0 aliphatic rings. The van der Waals surface area contributed by atoms with Gasteiger partial charge in [0.05, 0.1) is 11.4 Å². The van der Waals surface area contributed by atoms with Crippen molar-refractivity contribution in [3.05, 3.63) is 11.4 Å². The maximum Gasteiger partial charge on any atom is 0.0856 e. The van der Waals surface area contributed by atoms with Crippen LogP contribution in [0.15, 0.2) is 0 Å². The molecular formula is C10H19N3. The van der Waals surface area contributed by atoms with Gasteiger partial charge >= 0.3 is 0 Å².